The molecule has 0 aromatic heterocycles. The van der Waals surface area contributed by atoms with Crippen molar-refractivity contribution in [3.8, 4) is 0 Å². The number of aliphatic hydroxyl groups excluding tert-OH is 3. The third-order valence-electron chi connectivity index (χ3n) is 6.43. The molecule has 3 aliphatic rings. The topological polar surface area (TPSA) is 98.0 Å². The average Bonchev–Trinajstić information content (AvgIpc) is 2.88. The van der Waals surface area contributed by atoms with E-state index in [1.807, 2.05) is 6.92 Å². The summed E-state index contributed by atoms with van der Waals surface area (Å²) in [6.45, 7) is 1.86. The minimum absolute atomic E-state index is 0.00929. The van der Waals surface area contributed by atoms with Crippen molar-refractivity contribution in [3.63, 3.8) is 0 Å². The van der Waals surface area contributed by atoms with E-state index in [0.29, 0.717) is 6.42 Å². The summed E-state index contributed by atoms with van der Waals surface area (Å²) in [4.78, 5) is 11.4. The molecule has 0 saturated heterocycles. The van der Waals surface area contributed by atoms with Crippen LogP contribution >= 0.6 is 0 Å². The number of rotatable bonds is 3. The lowest BCUT2D eigenvalue weighted by Gasteiger charge is -2.41. The molecular formula is C15H22O5. The standard InChI is InChI=1S/C15H22O5/c1-14(7-17)10-5-15(8(6-16)2-3-11(14)15)12(18)4-9(10)13(19)20/h4,8,10-12,16-18H,2-3,5-7H2,1H3,(H,19,20)/t8?,10?,11-,12-,14+,15?/m0/s1. The molecule has 3 rings (SSSR count). The van der Waals surface area contributed by atoms with Gasteiger partial charge >= 0.3 is 5.97 Å². The Balaban J connectivity index is 2.15. The number of carboxylic acid groups (broad SMARTS) is 1. The number of aliphatic hydroxyl groups is 3. The van der Waals surface area contributed by atoms with Gasteiger partial charge in [-0.3, -0.25) is 0 Å². The smallest absolute Gasteiger partial charge is 0.331 e. The third kappa shape index (κ3) is 1.41. The van der Waals surface area contributed by atoms with Crippen molar-refractivity contribution in [2.24, 2.45) is 28.6 Å². The van der Waals surface area contributed by atoms with Gasteiger partial charge in [0.2, 0.25) is 0 Å². The van der Waals surface area contributed by atoms with E-state index >= 15 is 0 Å². The van der Waals surface area contributed by atoms with Crippen LogP contribution in [0.25, 0.3) is 0 Å². The molecule has 2 saturated carbocycles. The number of hydrogen-bond acceptors (Lipinski definition) is 4. The summed E-state index contributed by atoms with van der Waals surface area (Å²) in [5, 5.41) is 39.5. The monoisotopic (exact) mass is 282 g/mol. The van der Waals surface area contributed by atoms with Gasteiger partial charge in [-0.2, -0.15) is 0 Å². The van der Waals surface area contributed by atoms with Gasteiger partial charge in [0.15, 0.2) is 0 Å². The van der Waals surface area contributed by atoms with Crippen LogP contribution in [0.4, 0.5) is 0 Å². The zero-order valence-electron chi connectivity index (χ0n) is 11.6. The van der Waals surface area contributed by atoms with E-state index in [4.69, 9.17) is 0 Å². The van der Waals surface area contributed by atoms with Gasteiger partial charge in [-0.25, -0.2) is 4.79 Å². The van der Waals surface area contributed by atoms with E-state index in [9.17, 15) is 25.2 Å². The Bertz CT molecular complexity index is 473. The number of hydrogen-bond donors (Lipinski definition) is 4. The Morgan fingerprint density at radius 1 is 1.40 bits per heavy atom. The van der Waals surface area contributed by atoms with E-state index in [0.717, 1.165) is 12.8 Å². The van der Waals surface area contributed by atoms with E-state index < -0.39 is 22.9 Å². The van der Waals surface area contributed by atoms with E-state index in [-0.39, 0.29) is 36.5 Å². The minimum atomic E-state index is -1.01. The first-order valence-electron chi connectivity index (χ1n) is 7.26. The second-order valence-electron chi connectivity index (χ2n) is 6.91. The van der Waals surface area contributed by atoms with Crippen LogP contribution in [0.5, 0.6) is 0 Å². The highest BCUT2D eigenvalue weighted by molar-refractivity contribution is 5.88. The van der Waals surface area contributed by atoms with Crippen LogP contribution in [0.3, 0.4) is 0 Å². The van der Waals surface area contributed by atoms with Crippen LogP contribution < -0.4 is 0 Å². The normalized spacial score (nSPS) is 49.9. The number of aliphatic carboxylic acids is 1. The van der Waals surface area contributed by atoms with Gasteiger partial charge in [-0.15, -0.1) is 0 Å². The van der Waals surface area contributed by atoms with Crippen molar-refractivity contribution in [1.29, 1.82) is 0 Å². The van der Waals surface area contributed by atoms with Crippen molar-refractivity contribution in [2.75, 3.05) is 13.2 Å². The summed E-state index contributed by atoms with van der Waals surface area (Å²) in [5.41, 5.74) is -0.757. The molecule has 2 fully saturated rings. The summed E-state index contributed by atoms with van der Waals surface area (Å²) >= 11 is 0. The van der Waals surface area contributed by atoms with Crippen molar-refractivity contribution in [1.82, 2.24) is 0 Å². The highest BCUT2D eigenvalue weighted by Gasteiger charge is 2.69. The average molecular weight is 282 g/mol. The summed E-state index contributed by atoms with van der Waals surface area (Å²) in [6, 6.07) is 0. The maximum absolute atomic E-state index is 11.4. The molecular weight excluding hydrogens is 260 g/mol. The van der Waals surface area contributed by atoms with Crippen molar-refractivity contribution in [2.45, 2.75) is 32.3 Å². The predicted molar refractivity (Wildman–Crippen MR) is 70.8 cm³/mol. The molecule has 5 heteroatoms. The lowest BCUT2D eigenvalue weighted by atomic mass is 9.66. The SMILES string of the molecule is C[C@@]1(CO)C2CC3(C(CO)CC[C@H]31)[C@@H](O)C=C2C(=O)O. The van der Waals surface area contributed by atoms with E-state index in [1.165, 1.54) is 6.08 Å². The first-order chi connectivity index (χ1) is 9.41. The van der Waals surface area contributed by atoms with Crippen LogP contribution in [0.2, 0.25) is 0 Å². The molecule has 6 atom stereocenters. The van der Waals surface area contributed by atoms with Crippen molar-refractivity contribution < 1.29 is 25.2 Å². The fourth-order valence-electron chi connectivity index (χ4n) is 5.45. The third-order valence-corrected chi connectivity index (χ3v) is 6.43. The fraction of sp³-hybridized carbons (Fsp3) is 0.800. The van der Waals surface area contributed by atoms with Crippen LogP contribution in [-0.2, 0) is 4.79 Å². The molecule has 0 aromatic rings. The zero-order valence-corrected chi connectivity index (χ0v) is 11.6. The molecule has 3 unspecified atom stereocenters. The van der Waals surface area contributed by atoms with Gasteiger partial charge in [0.1, 0.15) is 0 Å². The lowest BCUT2D eigenvalue weighted by molar-refractivity contribution is -0.134. The largest absolute Gasteiger partial charge is 0.478 e. The van der Waals surface area contributed by atoms with Crippen LogP contribution in [0.1, 0.15) is 26.2 Å². The molecule has 0 aromatic carbocycles. The van der Waals surface area contributed by atoms with Crippen LogP contribution in [0.15, 0.2) is 11.6 Å². The fourth-order valence-corrected chi connectivity index (χ4v) is 5.45. The molecule has 20 heavy (non-hydrogen) atoms. The van der Waals surface area contributed by atoms with Gasteiger partial charge in [-0.05, 0) is 43.1 Å². The Morgan fingerprint density at radius 2 is 2.10 bits per heavy atom. The van der Waals surface area contributed by atoms with Gasteiger partial charge in [0.25, 0.3) is 0 Å². The molecule has 0 aliphatic heterocycles. The molecule has 0 heterocycles. The molecule has 0 amide bonds. The molecule has 4 N–H and O–H groups in total. The highest BCUT2D eigenvalue weighted by atomic mass is 16.4. The van der Waals surface area contributed by atoms with Crippen molar-refractivity contribution >= 4 is 5.97 Å². The molecule has 3 aliphatic carbocycles. The Hall–Kier alpha value is -0.910. The molecule has 2 bridgehead atoms. The Morgan fingerprint density at radius 3 is 2.65 bits per heavy atom. The summed E-state index contributed by atoms with van der Waals surface area (Å²) in [7, 11) is 0. The van der Waals surface area contributed by atoms with Gasteiger partial charge in [-0.1, -0.05) is 6.92 Å². The molecule has 5 nitrogen and oxygen atoms in total. The minimum Gasteiger partial charge on any atom is -0.478 e. The first-order valence-corrected chi connectivity index (χ1v) is 7.26. The maximum Gasteiger partial charge on any atom is 0.331 e. The van der Waals surface area contributed by atoms with E-state index in [2.05, 4.69) is 0 Å². The first kappa shape index (κ1) is 14.0. The van der Waals surface area contributed by atoms with Gasteiger partial charge in [0.05, 0.1) is 6.10 Å². The molecule has 0 radical (unpaired) electrons. The van der Waals surface area contributed by atoms with Crippen LogP contribution in [0, 0.1) is 28.6 Å². The summed E-state index contributed by atoms with van der Waals surface area (Å²) < 4.78 is 0. The van der Waals surface area contributed by atoms with Gasteiger partial charge < -0.3 is 20.4 Å². The van der Waals surface area contributed by atoms with Crippen LogP contribution in [-0.4, -0.2) is 45.7 Å². The zero-order chi connectivity index (χ0) is 14.7. The Labute approximate surface area is 117 Å². The maximum atomic E-state index is 11.4. The second-order valence-corrected chi connectivity index (χ2v) is 6.91. The number of fused-ring (bicyclic) bond motifs is 1. The lowest BCUT2D eigenvalue weighted by Crippen LogP contribution is -2.44. The predicted octanol–water partition coefficient (Wildman–Crippen LogP) is 0.395. The van der Waals surface area contributed by atoms with Crippen molar-refractivity contribution in [3.05, 3.63) is 11.6 Å². The van der Waals surface area contributed by atoms with Gasteiger partial charge in [0, 0.05) is 29.6 Å². The van der Waals surface area contributed by atoms with E-state index in [1.54, 1.807) is 0 Å². The quantitative estimate of drug-likeness (QED) is 0.600. The Kier molecular flexibility index (Phi) is 3.01. The second kappa shape index (κ2) is 4.29. The summed E-state index contributed by atoms with van der Waals surface area (Å²) in [5.74, 6) is -1.20. The molecule has 112 valence electrons. The summed E-state index contributed by atoms with van der Waals surface area (Å²) in [6.07, 6.45) is 2.83. The number of carbonyl (C=O) groups is 1. The highest BCUT2D eigenvalue weighted by Crippen LogP contribution is 2.71. The number of carboxylic acids is 1. The molecule has 1 spiro atoms.